The third-order valence-electron chi connectivity index (χ3n) is 0.999. The Balaban J connectivity index is 3.07. The van der Waals surface area contributed by atoms with Crippen LogP contribution in [0, 0.1) is 16.2 Å². The van der Waals surface area contributed by atoms with Crippen LogP contribution in [-0.4, -0.2) is 4.92 Å². The predicted molar refractivity (Wildman–Crippen MR) is 36.3 cm³/mol. The van der Waals surface area contributed by atoms with Crippen LogP contribution in [0.5, 0.6) is 0 Å². The largest absolute Gasteiger partial charge is 0.398 e. The Morgan fingerprint density at radius 2 is 2.30 bits per heavy atom. The van der Waals surface area contributed by atoms with E-state index in [4.69, 9.17) is 5.73 Å². The summed E-state index contributed by atoms with van der Waals surface area (Å²) < 4.78 is 0. The van der Waals surface area contributed by atoms with Gasteiger partial charge in [0.1, 0.15) is 0 Å². The van der Waals surface area contributed by atoms with Gasteiger partial charge < -0.3 is 5.73 Å². The van der Waals surface area contributed by atoms with Crippen LogP contribution in [0.15, 0.2) is 18.2 Å². The third-order valence-corrected chi connectivity index (χ3v) is 0.999. The van der Waals surface area contributed by atoms with Gasteiger partial charge in [-0.2, -0.15) is 0 Å². The zero-order valence-corrected chi connectivity index (χ0v) is 5.07. The second-order valence-corrected chi connectivity index (χ2v) is 1.75. The summed E-state index contributed by atoms with van der Waals surface area (Å²) in [5.74, 6) is 0. The highest BCUT2D eigenvalue weighted by atomic mass is 16.6. The molecule has 0 saturated heterocycles. The van der Waals surface area contributed by atoms with Crippen molar-refractivity contribution in [3.8, 4) is 0 Å². The van der Waals surface area contributed by atoms with Gasteiger partial charge >= 0.3 is 0 Å². The molecule has 0 aliphatic carbocycles. The third kappa shape index (κ3) is 1.22. The number of nitrogens with zero attached hydrogens (tertiary/aromatic N) is 1. The van der Waals surface area contributed by atoms with Crippen LogP contribution >= 0.6 is 0 Å². The van der Waals surface area contributed by atoms with Crippen molar-refractivity contribution in [2.24, 2.45) is 0 Å². The van der Waals surface area contributed by atoms with E-state index in [2.05, 4.69) is 6.07 Å². The maximum absolute atomic E-state index is 10.1. The second kappa shape index (κ2) is 2.34. The molecule has 0 bridgehead atoms. The zero-order chi connectivity index (χ0) is 7.56. The highest BCUT2D eigenvalue weighted by Gasteiger charge is 2.03. The van der Waals surface area contributed by atoms with Crippen molar-refractivity contribution >= 4 is 11.4 Å². The first kappa shape index (κ1) is 6.54. The summed E-state index contributed by atoms with van der Waals surface area (Å²) in [6.45, 7) is 0. The Kier molecular flexibility index (Phi) is 1.53. The molecule has 4 heteroatoms. The van der Waals surface area contributed by atoms with Crippen molar-refractivity contribution < 1.29 is 4.92 Å². The van der Waals surface area contributed by atoms with Gasteiger partial charge in [0.15, 0.2) is 0 Å². The minimum Gasteiger partial charge on any atom is -0.398 e. The first-order valence-electron chi connectivity index (χ1n) is 2.62. The molecule has 1 aromatic rings. The molecule has 4 nitrogen and oxygen atoms in total. The maximum Gasteiger partial charge on any atom is 0.279 e. The molecule has 1 rings (SSSR count). The molecule has 0 unspecified atom stereocenters. The molecule has 0 fully saturated rings. The number of non-ortho nitro benzene ring substituents is 1. The number of nitro benzene ring substituents is 1. The van der Waals surface area contributed by atoms with Gasteiger partial charge in [-0.05, 0) is 6.07 Å². The van der Waals surface area contributed by atoms with Crippen molar-refractivity contribution in [2.45, 2.75) is 0 Å². The van der Waals surface area contributed by atoms with Gasteiger partial charge in [-0.3, -0.25) is 10.1 Å². The molecule has 1 radical (unpaired) electrons. The fraction of sp³-hybridized carbons (Fsp3) is 0. The van der Waals surface area contributed by atoms with Crippen molar-refractivity contribution in [1.29, 1.82) is 0 Å². The van der Waals surface area contributed by atoms with Crippen LogP contribution in [0.2, 0.25) is 0 Å². The molecule has 0 aromatic heterocycles. The lowest BCUT2D eigenvalue weighted by Crippen LogP contribution is -1.90. The van der Waals surface area contributed by atoms with Crippen LogP contribution in [0.1, 0.15) is 0 Å². The minimum absolute atomic E-state index is 0.0972. The standard InChI is InChI=1S/C6H5N2O2/c7-5-2-1-3-6(4-5)8(9)10/h1-3H,7H2. The number of rotatable bonds is 1. The van der Waals surface area contributed by atoms with Crippen molar-refractivity contribution in [1.82, 2.24) is 0 Å². The molecule has 0 heterocycles. The van der Waals surface area contributed by atoms with E-state index in [0.717, 1.165) is 0 Å². The van der Waals surface area contributed by atoms with Gasteiger partial charge in [-0.15, -0.1) is 0 Å². The van der Waals surface area contributed by atoms with Gasteiger partial charge in [0.25, 0.3) is 5.69 Å². The normalized spacial score (nSPS) is 9.20. The van der Waals surface area contributed by atoms with Crippen molar-refractivity contribution in [3.05, 3.63) is 34.4 Å². The quantitative estimate of drug-likeness (QED) is 0.356. The summed E-state index contributed by atoms with van der Waals surface area (Å²) >= 11 is 0. The molecule has 0 aliphatic heterocycles. The monoisotopic (exact) mass is 137 g/mol. The van der Waals surface area contributed by atoms with E-state index >= 15 is 0 Å². The van der Waals surface area contributed by atoms with E-state index in [1.165, 1.54) is 12.1 Å². The first-order chi connectivity index (χ1) is 4.70. The van der Waals surface area contributed by atoms with E-state index < -0.39 is 4.92 Å². The Labute approximate surface area is 57.4 Å². The lowest BCUT2D eigenvalue weighted by atomic mass is 10.3. The molecule has 0 amide bonds. The molecule has 0 spiro atoms. The molecule has 0 saturated carbocycles. The van der Waals surface area contributed by atoms with Gasteiger partial charge in [0.2, 0.25) is 0 Å². The first-order valence-corrected chi connectivity index (χ1v) is 2.62. The topological polar surface area (TPSA) is 69.2 Å². The predicted octanol–water partition coefficient (Wildman–Crippen LogP) is 0.977. The lowest BCUT2D eigenvalue weighted by molar-refractivity contribution is -0.385. The Hall–Kier alpha value is -1.58. The van der Waals surface area contributed by atoms with Gasteiger partial charge in [0.05, 0.1) is 11.0 Å². The lowest BCUT2D eigenvalue weighted by Gasteiger charge is -1.89. The number of anilines is 1. The highest BCUT2D eigenvalue weighted by molar-refractivity contribution is 5.45. The van der Waals surface area contributed by atoms with Crippen LogP contribution in [-0.2, 0) is 0 Å². The average molecular weight is 137 g/mol. The summed E-state index contributed by atoms with van der Waals surface area (Å²) in [5.41, 5.74) is 5.43. The Bertz CT molecular complexity index is 260. The fourth-order valence-corrected chi connectivity index (χ4v) is 0.581. The Morgan fingerprint density at radius 3 is 2.70 bits per heavy atom. The van der Waals surface area contributed by atoms with E-state index in [1.54, 1.807) is 6.07 Å². The van der Waals surface area contributed by atoms with Crippen LogP contribution in [0.25, 0.3) is 0 Å². The van der Waals surface area contributed by atoms with Gasteiger partial charge in [-0.25, -0.2) is 0 Å². The number of nitrogen functional groups attached to an aromatic ring is 1. The summed E-state index contributed by atoms with van der Waals surface area (Å²) in [6.07, 6.45) is 0. The molecular weight excluding hydrogens is 132 g/mol. The Morgan fingerprint density at radius 1 is 1.60 bits per heavy atom. The summed E-state index contributed by atoms with van der Waals surface area (Å²) in [5, 5.41) is 10.1. The van der Waals surface area contributed by atoms with E-state index in [0.29, 0.717) is 0 Å². The van der Waals surface area contributed by atoms with Crippen molar-refractivity contribution in [3.63, 3.8) is 0 Å². The maximum atomic E-state index is 10.1. The molecule has 1 aromatic carbocycles. The zero-order valence-electron chi connectivity index (χ0n) is 5.07. The minimum atomic E-state index is -0.531. The SMILES string of the molecule is Nc1[c]c([N+](=O)[O-])ccc1. The number of hydrogen-bond acceptors (Lipinski definition) is 3. The number of benzene rings is 1. The average Bonchev–Trinajstić information content (AvgIpc) is 1.88. The smallest absolute Gasteiger partial charge is 0.279 e. The van der Waals surface area contributed by atoms with E-state index in [-0.39, 0.29) is 11.4 Å². The van der Waals surface area contributed by atoms with Gasteiger partial charge in [0, 0.05) is 11.8 Å². The summed E-state index contributed by atoms with van der Waals surface area (Å²) in [7, 11) is 0. The summed E-state index contributed by atoms with van der Waals surface area (Å²) in [6, 6.07) is 6.80. The highest BCUT2D eigenvalue weighted by Crippen LogP contribution is 2.12. The molecule has 2 N–H and O–H groups in total. The van der Waals surface area contributed by atoms with Crippen LogP contribution in [0.3, 0.4) is 0 Å². The molecular formula is C6H5N2O2. The number of hydrogen-bond donors (Lipinski definition) is 1. The molecule has 51 valence electrons. The molecule has 0 aliphatic rings. The van der Waals surface area contributed by atoms with Crippen LogP contribution in [0.4, 0.5) is 11.4 Å². The second-order valence-electron chi connectivity index (χ2n) is 1.75. The number of nitrogens with two attached hydrogens (primary N) is 1. The van der Waals surface area contributed by atoms with Crippen molar-refractivity contribution in [2.75, 3.05) is 5.73 Å². The number of nitro groups is 1. The van der Waals surface area contributed by atoms with Gasteiger partial charge in [-0.1, -0.05) is 6.07 Å². The molecule has 10 heavy (non-hydrogen) atoms. The van der Waals surface area contributed by atoms with E-state index in [9.17, 15) is 10.1 Å². The summed E-state index contributed by atoms with van der Waals surface area (Å²) in [4.78, 5) is 9.54. The van der Waals surface area contributed by atoms with Crippen LogP contribution < -0.4 is 5.73 Å². The molecule has 0 atom stereocenters. The van der Waals surface area contributed by atoms with E-state index in [1.807, 2.05) is 0 Å². The fourth-order valence-electron chi connectivity index (χ4n) is 0.581.